The number of carbonyl (C=O) groups is 2. The first-order chi connectivity index (χ1) is 12.4. The van der Waals surface area contributed by atoms with Crippen LogP contribution in [0.3, 0.4) is 0 Å². The van der Waals surface area contributed by atoms with E-state index in [1.807, 2.05) is 0 Å². The minimum atomic E-state index is -3.59. The van der Waals surface area contributed by atoms with E-state index in [2.05, 4.69) is 0 Å². The molecule has 0 aliphatic carbocycles. The van der Waals surface area contributed by atoms with E-state index in [1.54, 1.807) is 35.2 Å². The van der Waals surface area contributed by atoms with Gasteiger partial charge in [0.1, 0.15) is 4.88 Å². The Morgan fingerprint density at radius 2 is 1.62 bits per heavy atom. The van der Waals surface area contributed by atoms with Gasteiger partial charge in [-0.1, -0.05) is 18.2 Å². The molecule has 7 nitrogen and oxygen atoms in total. The monoisotopic (exact) mass is 394 g/mol. The van der Waals surface area contributed by atoms with Crippen molar-refractivity contribution in [2.75, 3.05) is 26.2 Å². The molecule has 1 amide bonds. The quantitative estimate of drug-likeness (QED) is 0.856. The molecule has 1 aromatic carbocycles. The van der Waals surface area contributed by atoms with Crippen molar-refractivity contribution in [1.82, 2.24) is 9.21 Å². The smallest absolute Gasteiger partial charge is 0.345 e. The van der Waals surface area contributed by atoms with E-state index >= 15 is 0 Å². The highest BCUT2D eigenvalue weighted by atomic mass is 32.2. The van der Waals surface area contributed by atoms with Crippen LogP contribution in [0, 0.1) is 0 Å². The van der Waals surface area contributed by atoms with Crippen LogP contribution < -0.4 is 0 Å². The highest BCUT2D eigenvalue weighted by molar-refractivity contribution is 7.89. The molecule has 0 unspecified atom stereocenters. The molecule has 2 aromatic rings. The SMILES string of the molecule is O=C(O)c1ccc(C(=O)N2CCCN(S(=O)(=O)c3ccccc3)CC2)s1. The first-order valence-corrected chi connectivity index (χ1v) is 10.3. The summed E-state index contributed by atoms with van der Waals surface area (Å²) < 4.78 is 26.8. The summed E-state index contributed by atoms with van der Waals surface area (Å²) in [5.41, 5.74) is 0. The third kappa shape index (κ3) is 3.79. The average molecular weight is 394 g/mol. The van der Waals surface area contributed by atoms with Crippen molar-refractivity contribution >= 4 is 33.2 Å². The van der Waals surface area contributed by atoms with E-state index < -0.39 is 16.0 Å². The summed E-state index contributed by atoms with van der Waals surface area (Å²) in [6.07, 6.45) is 0.523. The maximum atomic E-state index is 12.7. The molecule has 0 spiro atoms. The summed E-state index contributed by atoms with van der Waals surface area (Å²) in [5, 5.41) is 8.98. The molecule has 2 heterocycles. The zero-order chi connectivity index (χ0) is 18.7. The lowest BCUT2D eigenvalue weighted by molar-refractivity contribution is 0.0701. The zero-order valence-corrected chi connectivity index (χ0v) is 15.5. The summed E-state index contributed by atoms with van der Waals surface area (Å²) in [6, 6.07) is 11.1. The highest BCUT2D eigenvalue weighted by Crippen LogP contribution is 2.21. The van der Waals surface area contributed by atoms with Crippen LogP contribution in [0.5, 0.6) is 0 Å². The van der Waals surface area contributed by atoms with Crippen LogP contribution in [0.1, 0.15) is 25.8 Å². The molecule has 1 aliphatic rings. The number of benzene rings is 1. The van der Waals surface area contributed by atoms with Crippen molar-refractivity contribution in [2.45, 2.75) is 11.3 Å². The second-order valence-electron chi connectivity index (χ2n) is 5.83. The number of carbonyl (C=O) groups excluding carboxylic acids is 1. The van der Waals surface area contributed by atoms with Crippen LogP contribution in [0.25, 0.3) is 0 Å². The molecule has 0 radical (unpaired) electrons. The van der Waals surface area contributed by atoms with Crippen LogP contribution in [-0.2, 0) is 10.0 Å². The molecule has 1 fully saturated rings. The van der Waals surface area contributed by atoms with Crippen LogP contribution in [0.2, 0.25) is 0 Å². The van der Waals surface area contributed by atoms with E-state index in [0.29, 0.717) is 24.4 Å². The Kier molecular flexibility index (Phi) is 5.40. The van der Waals surface area contributed by atoms with Crippen molar-refractivity contribution in [3.05, 3.63) is 52.2 Å². The van der Waals surface area contributed by atoms with E-state index in [9.17, 15) is 18.0 Å². The van der Waals surface area contributed by atoms with Crippen molar-refractivity contribution in [2.24, 2.45) is 0 Å². The first-order valence-electron chi connectivity index (χ1n) is 8.07. The topological polar surface area (TPSA) is 95.0 Å². The first kappa shape index (κ1) is 18.6. The number of nitrogens with zero attached hydrogens (tertiary/aromatic N) is 2. The van der Waals surface area contributed by atoms with Gasteiger partial charge in [-0.2, -0.15) is 4.31 Å². The number of hydrogen-bond donors (Lipinski definition) is 1. The fraction of sp³-hybridized carbons (Fsp3) is 0.294. The molecular formula is C17H18N2O5S2. The van der Waals surface area contributed by atoms with Crippen molar-refractivity contribution in [3.63, 3.8) is 0 Å². The molecule has 26 heavy (non-hydrogen) atoms. The Hall–Kier alpha value is -2.23. The Balaban J connectivity index is 1.72. The molecule has 1 aliphatic heterocycles. The number of thiophene rings is 1. The molecule has 138 valence electrons. The number of sulfonamides is 1. The Morgan fingerprint density at radius 1 is 0.923 bits per heavy atom. The predicted octanol–water partition coefficient (Wildman–Crippen LogP) is 1.98. The Labute approximate surface area is 155 Å². The molecule has 1 aromatic heterocycles. The summed E-state index contributed by atoms with van der Waals surface area (Å²) in [7, 11) is -3.59. The molecule has 3 rings (SSSR count). The van der Waals surface area contributed by atoms with Crippen LogP contribution in [-0.4, -0.2) is 60.8 Å². The van der Waals surface area contributed by atoms with E-state index in [0.717, 1.165) is 11.3 Å². The largest absolute Gasteiger partial charge is 0.477 e. The van der Waals surface area contributed by atoms with E-state index in [-0.39, 0.29) is 28.8 Å². The molecular weight excluding hydrogens is 376 g/mol. The van der Waals surface area contributed by atoms with Crippen molar-refractivity contribution < 1.29 is 23.1 Å². The second-order valence-corrected chi connectivity index (χ2v) is 8.85. The second kappa shape index (κ2) is 7.56. The lowest BCUT2D eigenvalue weighted by atomic mass is 10.3. The van der Waals surface area contributed by atoms with Gasteiger partial charge in [0.25, 0.3) is 5.91 Å². The lowest BCUT2D eigenvalue weighted by Crippen LogP contribution is -2.37. The average Bonchev–Trinajstić information content (AvgIpc) is 3.00. The zero-order valence-electron chi connectivity index (χ0n) is 13.9. The summed E-state index contributed by atoms with van der Waals surface area (Å²) in [5.74, 6) is -1.33. The van der Waals surface area contributed by atoms with Gasteiger partial charge in [-0.05, 0) is 30.7 Å². The number of hydrogen-bond acceptors (Lipinski definition) is 5. The van der Waals surface area contributed by atoms with E-state index in [1.165, 1.54) is 16.4 Å². The van der Waals surface area contributed by atoms with Gasteiger partial charge < -0.3 is 10.0 Å². The molecule has 0 saturated carbocycles. The number of aromatic carboxylic acids is 1. The summed E-state index contributed by atoms with van der Waals surface area (Å²) >= 11 is 0.930. The van der Waals surface area contributed by atoms with Gasteiger partial charge in [0.2, 0.25) is 10.0 Å². The van der Waals surface area contributed by atoms with Gasteiger partial charge in [-0.3, -0.25) is 4.79 Å². The Bertz CT molecular complexity index is 908. The summed E-state index contributed by atoms with van der Waals surface area (Å²) in [4.78, 5) is 25.8. The third-order valence-corrected chi connectivity index (χ3v) is 7.12. The van der Waals surface area contributed by atoms with Gasteiger partial charge in [0, 0.05) is 26.2 Å². The number of carboxylic acid groups (broad SMARTS) is 1. The molecule has 0 bridgehead atoms. The standard InChI is InChI=1S/C17H18N2O5S2/c20-16(14-7-8-15(25-14)17(21)22)18-9-4-10-19(12-11-18)26(23,24)13-5-2-1-3-6-13/h1-3,5-8H,4,9-12H2,(H,21,22). The molecule has 9 heteroatoms. The van der Waals surface area contributed by atoms with Crippen molar-refractivity contribution in [3.8, 4) is 0 Å². The van der Waals surface area contributed by atoms with Gasteiger partial charge in [0.05, 0.1) is 9.77 Å². The van der Waals surface area contributed by atoms with E-state index in [4.69, 9.17) is 5.11 Å². The maximum absolute atomic E-state index is 12.7. The molecule has 0 atom stereocenters. The minimum Gasteiger partial charge on any atom is -0.477 e. The molecule has 1 N–H and O–H groups in total. The summed E-state index contributed by atoms with van der Waals surface area (Å²) in [6.45, 7) is 1.25. The lowest BCUT2D eigenvalue weighted by Gasteiger charge is -2.21. The van der Waals surface area contributed by atoms with Gasteiger partial charge in [0.15, 0.2) is 0 Å². The Morgan fingerprint density at radius 3 is 2.27 bits per heavy atom. The third-order valence-electron chi connectivity index (χ3n) is 4.15. The van der Waals surface area contributed by atoms with Crippen LogP contribution in [0.4, 0.5) is 0 Å². The minimum absolute atomic E-state index is 0.108. The normalized spacial score (nSPS) is 16.2. The fourth-order valence-electron chi connectivity index (χ4n) is 2.80. The van der Waals surface area contributed by atoms with Gasteiger partial charge in [-0.25, -0.2) is 13.2 Å². The number of amides is 1. The fourth-order valence-corrected chi connectivity index (χ4v) is 5.11. The van der Waals surface area contributed by atoms with Crippen molar-refractivity contribution in [1.29, 1.82) is 0 Å². The number of rotatable bonds is 4. The maximum Gasteiger partial charge on any atom is 0.345 e. The van der Waals surface area contributed by atoms with Gasteiger partial charge >= 0.3 is 5.97 Å². The highest BCUT2D eigenvalue weighted by Gasteiger charge is 2.29. The molecule has 1 saturated heterocycles. The van der Waals surface area contributed by atoms with Crippen LogP contribution in [0.15, 0.2) is 47.4 Å². The number of carboxylic acids is 1. The van der Waals surface area contributed by atoms with Crippen LogP contribution >= 0.6 is 11.3 Å². The predicted molar refractivity (Wildman–Crippen MR) is 97.0 cm³/mol. The van der Waals surface area contributed by atoms with Gasteiger partial charge in [-0.15, -0.1) is 11.3 Å².